The van der Waals surface area contributed by atoms with Crippen LogP contribution in [0.2, 0.25) is 0 Å². The Bertz CT molecular complexity index is 1050. The molecule has 3 heterocycles. The molecule has 2 aromatic heterocycles. The van der Waals surface area contributed by atoms with Crippen molar-refractivity contribution in [1.82, 2.24) is 14.5 Å². The molecular formula is C22H26N4O4. The highest BCUT2D eigenvalue weighted by atomic mass is 16.3. The Morgan fingerprint density at radius 1 is 1.17 bits per heavy atom. The third kappa shape index (κ3) is 4.23. The van der Waals surface area contributed by atoms with Crippen LogP contribution in [0.4, 0.5) is 5.82 Å². The van der Waals surface area contributed by atoms with Gasteiger partial charge in [-0.2, -0.15) is 0 Å². The van der Waals surface area contributed by atoms with Gasteiger partial charge in [0.05, 0.1) is 30.4 Å². The van der Waals surface area contributed by atoms with Crippen molar-refractivity contribution in [3.63, 3.8) is 0 Å². The molecule has 8 nitrogen and oxygen atoms in total. The molecule has 1 fully saturated rings. The fraction of sp³-hybridized carbons (Fsp3) is 0.409. The number of carbonyl (C=O) groups is 1. The minimum Gasteiger partial charge on any atom is -0.467 e. The van der Waals surface area contributed by atoms with E-state index in [4.69, 9.17) is 4.42 Å². The van der Waals surface area contributed by atoms with E-state index in [-0.39, 0.29) is 44.1 Å². The van der Waals surface area contributed by atoms with Gasteiger partial charge in [-0.1, -0.05) is 12.1 Å². The lowest BCUT2D eigenvalue weighted by Gasteiger charge is -2.22. The molecule has 158 valence electrons. The number of hydrogen-bond donors (Lipinski definition) is 1. The minimum absolute atomic E-state index is 0.135. The number of aromatic nitrogens is 2. The summed E-state index contributed by atoms with van der Waals surface area (Å²) >= 11 is 0. The van der Waals surface area contributed by atoms with Gasteiger partial charge in [0, 0.05) is 32.6 Å². The molecule has 8 heteroatoms. The highest BCUT2D eigenvalue weighted by Gasteiger charge is 2.21. The zero-order valence-electron chi connectivity index (χ0n) is 16.9. The van der Waals surface area contributed by atoms with Gasteiger partial charge in [-0.15, -0.1) is 0 Å². The highest BCUT2D eigenvalue weighted by molar-refractivity contribution is 5.78. The Hall–Kier alpha value is -3.13. The van der Waals surface area contributed by atoms with Crippen LogP contribution in [0.3, 0.4) is 0 Å². The molecule has 0 saturated carbocycles. The molecule has 1 aliphatic heterocycles. The molecular weight excluding hydrogens is 384 g/mol. The zero-order valence-corrected chi connectivity index (χ0v) is 16.9. The average Bonchev–Trinajstić information content (AvgIpc) is 3.46. The fourth-order valence-electron chi connectivity index (χ4n) is 3.90. The summed E-state index contributed by atoms with van der Waals surface area (Å²) in [6.07, 6.45) is 3.80. The largest absolute Gasteiger partial charge is 0.467 e. The summed E-state index contributed by atoms with van der Waals surface area (Å²) < 4.78 is 6.98. The van der Waals surface area contributed by atoms with Gasteiger partial charge in [-0.3, -0.25) is 9.59 Å². The number of rotatable bonds is 8. The number of amides is 1. The van der Waals surface area contributed by atoms with Gasteiger partial charge in [-0.25, -0.2) is 4.98 Å². The molecule has 0 bridgehead atoms. The lowest BCUT2D eigenvalue weighted by atomic mass is 10.2. The molecule has 1 saturated heterocycles. The van der Waals surface area contributed by atoms with Gasteiger partial charge in [0.2, 0.25) is 5.91 Å². The van der Waals surface area contributed by atoms with Crippen LogP contribution in [0.15, 0.2) is 51.9 Å². The summed E-state index contributed by atoms with van der Waals surface area (Å²) in [5.74, 6) is 0.970. The van der Waals surface area contributed by atoms with E-state index in [1.165, 1.54) is 0 Å². The molecule has 3 aromatic rings. The molecule has 0 atom stereocenters. The van der Waals surface area contributed by atoms with Crippen LogP contribution in [0.5, 0.6) is 0 Å². The first-order valence-corrected chi connectivity index (χ1v) is 10.3. The van der Waals surface area contributed by atoms with E-state index in [9.17, 15) is 14.7 Å². The number of para-hydroxylation sites is 2. The Labute approximate surface area is 174 Å². The lowest BCUT2D eigenvalue weighted by Crippen LogP contribution is -2.35. The number of aliphatic hydroxyl groups is 1. The van der Waals surface area contributed by atoms with E-state index in [0.717, 1.165) is 37.0 Å². The van der Waals surface area contributed by atoms with Crippen molar-refractivity contribution >= 4 is 22.8 Å². The number of aliphatic hydroxyl groups excluding tert-OH is 1. The summed E-state index contributed by atoms with van der Waals surface area (Å²) in [6.45, 7) is 2.27. The van der Waals surface area contributed by atoms with Crippen LogP contribution in [0, 0.1) is 0 Å². The molecule has 0 radical (unpaired) electrons. The second-order valence-corrected chi connectivity index (χ2v) is 7.44. The Kier molecular flexibility index (Phi) is 6.13. The third-order valence-corrected chi connectivity index (χ3v) is 5.44. The number of carbonyl (C=O) groups excluding carboxylic acids is 1. The SMILES string of the molecule is O=C(CCn1c(=O)c(N2CCCC2)nc2ccccc21)N(CCO)Cc1ccco1. The monoisotopic (exact) mass is 410 g/mol. The molecule has 0 aliphatic carbocycles. The highest BCUT2D eigenvalue weighted by Crippen LogP contribution is 2.19. The number of hydrogen-bond acceptors (Lipinski definition) is 6. The van der Waals surface area contributed by atoms with Crippen LogP contribution < -0.4 is 10.5 Å². The first kappa shape index (κ1) is 20.2. The van der Waals surface area contributed by atoms with Crippen LogP contribution in [-0.4, -0.2) is 51.7 Å². The Balaban J connectivity index is 1.58. The van der Waals surface area contributed by atoms with Crippen LogP contribution in [0.1, 0.15) is 25.0 Å². The molecule has 1 aromatic carbocycles. The minimum atomic E-state index is -0.164. The predicted octanol–water partition coefficient (Wildman–Crippen LogP) is 2.00. The quantitative estimate of drug-likeness (QED) is 0.611. The molecule has 1 aliphatic rings. The van der Waals surface area contributed by atoms with Crippen molar-refractivity contribution < 1.29 is 14.3 Å². The summed E-state index contributed by atoms with van der Waals surface area (Å²) in [7, 11) is 0. The molecule has 0 unspecified atom stereocenters. The number of benzene rings is 1. The van der Waals surface area contributed by atoms with E-state index in [1.807, 2.05) is 29.2 Å². The maximum absolute atomic E-state index is 13.2. The van der Waals surface area contributed by atoms with Gasteiger partial charge >= 0.3 is 0 Å². The number of nitrogens with zero attached hydrogens (tertiary/aromatic N) is 4. The van der Waals surface area contributed by atoms with Crippen molar-refractivity contribution in [2.45, 2.75) is 32.4 Å². The van der Waals surface area contributed by atoms with E-state index in [1.54, 1.807) is 27.9 Å². The smallest absolute Gasteiger partial charge is 0.294 e. The van der Waals surface area contributed by atoms with E-state index in [2.05, 4.69) is 4.98 Å². The molecule has 0 spiro atoms. The topological polar surface area (TPSA) is 91.8 Å². The standard InChI is InChI=1S/C22H26N4O4/c27-14-13-25(16-17-6-5-15-30-17)20(28)9-12-26-19-8-2-1-7-18(19)23-21(22(26)29)24-10-3-4-11-24/h1-2,5-8,15,27H,3-4,9-14,16H2. The molecule has 30 heavy (non-hydrogen) atoms. The number of anilines is 1. The van der Waals surface area contributed by atoms with Crippen LogP contribution >= 0.6 is 0 Å². The molecule has 4 rings (SSSR count). The first-order valence-electron chi connectivity index (χ1n) is 10.3. The van der Waals surface area contributed by atoms with Gasteiger partial charge in [0.1, 0.15) is 5.76 Å². The van der Waals surface area contributed by atoms with Crippen LogP contribution in [-0.2, 0) is 17.9 Å². The summed E-state index contributed by atoms with van der Waals surface area (Å²) in [5, 5.41) is 9.35. The van der Waals surface area contributed by atoms with Crippen molar-refractivity contribution in [3.05, 3.63) is 58.8 Å². The van der Waals surface area contributed by atoms with Crippen LogP contribution in [0.25, 0.3) is 11.0 Å². The normalized spacial score (nSPS) is 13.8. The summed E-state index contributed by atoms with van der Waals surface area (Å²) in [6, 6.07) is 11.1. The summed E-state index contributed by atoms with van der Waals surface area (Å²) in [4.78, 5) is 34.3. The maximum Gasteiger partial charge on any atom is 0.294 e. The van der Waals surface area contributed by atoms with E-state index in [0.29, 0.717) is 11.6 Å². The molecule has 1 N–H and O–H groups in total. The zero-order chi connectivity index (χ0) is 20.9. The van der Waals surface area contributed by atoms with Crippen molar-refractivity contribution in [3.8, 4) is 0 Å². The van der Waals surface area contributed by atoms with E-state index >= 15 is 0 Å². The van der Waals surface area contributed by atoms with Crippen molar-refractivity contribution in [2.75, 3.05) is 31.1 Å². The lowest BCUT2D eigenvalue weighted by molar-refractivity contribution is -0.132. The second kappa shape index (κ2) is 9.13. The summed E-state index contributed by atoms with van der Waals surface area (Å²) in [5.41, 5.74) is 1.30. The first-order chi connectivity index (χ1) is 14.7. The number of furan rings is 1. The number of aryl methyl sites for hydroxylation is 1. The predicted molar refractivity (Wildman–Crippen MR) is 113 cm³/mol. The Morgan fingerprint density at radius 3 is 2.70 bits per heavy atom. The van der Waals surface area contributed by atoms with Gasteiger partial charge in [0.15, 0.2) is 5.82 Å². The van der Waals surface area contributed by atoms with Gasteiger partial charge in [0.25, 0.3) is 5.56 Å². The maximum atomic E-state index is 13.2. The van der Waals surface area contributed by atoms with Crippen molar-refractivity contribution in [1.29, 1.82) is 0 Å². The van der Waals surface area contributed by atoms with Crippen molar-refractivity contribution in [2.24, 2.45) is 0 Å². The second-order valence-electron chi connectivity index (χ2n) is 7.44. The van der Waals surface area contributed by atoms with Gasteiger partial charge in [-0.05, 0) is 37.1 Å². The van der Waals surface area contributed by atoms with Gasteiger partial charge < -0.3 is 23.9 Å². The Morgan fingerprint density at radius 2 is 1.97 bits per heavy atom. The average molecular weight is 410 g/mol. The van der Waals surface area contributed by atoms with E-state index < -0.39 is 0 Å². The fourth-order valence-corrected chi connectivity index (χ4v) is 3.90. The third-order valence-electron chi connectivity index (χ3n) is 5.44. The number of fused-ring (bicyclic) bond motifs is 1. The molecule has 1 amide bonds.